The average molecular weight is 316 g/mol. The Bertz CT molecular complexity index is 636. The minimum atomic E-state index is -0.0795. The summed E-state index contributed by atoms with van der Waals surface area (Å²) in [7, 11) is 0. The van der Waals surface area contributed by atoms with Crippen LogP contribution in [0.25, 0.3) is 5.82 Å². The fourth-order valence-corrected chi connectivity index (χ4v) is 3.21. The summed E-state index contributed by atoms with van der Waals surface area (Å²) in [5, 5.41) is 3.12. The van der Waals surface area contributed by atoms with Crippen molar-refractivity contribution in [3.63, 3.8) is 0 Å². The van der Waals surface area contributed by atoms with Crippen molar-refractivity contribution >= 4 is 17.7 Å². The molecule has 1 N–H and O–H groups in total. The zero-order valence-corrected chi connectivity index (χ0v) is 13.5. The van der Waals surface area contributed by atoms with Crippen LogP contribution in [0.2, 0.25) is 0 Å². The lowest BCUT2D eigenvalue weighted by Gasteiger charge is -2.22. The van der Waals surface area contributed by atoms with E-state index < -0.39 is 0 Å². The van der Waals surface area contributed by atoms with E-state index in [0.29, 0.717) is 5.69 Å². The molecular formula is C16H20N4OS. The van der Waals surface area contributed by atoms with Gasteiger partial charge in [0.25, 0.3) is 5.91 Å². The first-order chi connectivity index (χ1) is 10.8. The van der Waals surface area contributed by atoms with E-state index in [-0.39, 0.29) is 11.9 Å². The monoisotopic (exact) mass is 316 g/mol. The molecule has 1 aliphatic rings. The number of carbonyl (C=O) groups excluding carboxylic acids is 1. The molecule has 0 saturated heterocycles. The molecular weight excluding hydrogens is 296 g/mol. The number of imidazole rings is 1. The van der Waals surface area contributed by atoms with Gasteiger partial charge in [0, 0.05) is 23.3 Å². The van der Waals surface area contributed by atoms with E-state index in [2.05, 4.69) is 15.3 Å². The lowest BCUT2D eigenvalue weighted by atomic mass is 9.95. The topological polar surface area (TPSA) is 59.8 Å². The van der Waals surface area contributed by atoms with Gasteiger partial charge in [-0.05, 0) is 31.2 Å². The molecule has 116 valence electrons. The van der Waals surface area contributed by atoms with Gasteiger partial charge in [-0.2, -0.15) is 0 Å². The first-order valence-corrected chi connectivity index (χ1v) is 8.84. The summed E-state index contributed by atoms with van der Waals surface area (Å²) in [6, 6.07) is 4.10. The molecule has 1 saturated carbocycles. The second-order valence-electron chi connectivity index (χ2n) is 5.53. The average Bonchev–Trinajstić information content (AvgIpc) is 3.10. The second kappa shape index (κ2) is 6.96. The zero-order valence-electron chi connectivity index (χ0n) is 12.7. The van der Waals surface area contributed by atoms with Gasteiger partial charge in [-0.1, -0.05) is 19.3 Å². The van der Waals surface area contributed by atoms with E-state index in [1.807, 2.05) is 29.2 Å². The molecule has 1 fully saturated rings. The molecule has 2 aromatic heterocycles. The Morgan fingerprint density at radius 1 is 1.32 bits per heavy atom. The highest BCUT2D eigenvalue weighted by Gasteiger charge is 2.18. The van der Waals surface area contributed by atoms with Crippen molar-refractivity contribution in [1.82, 2.24) is 19.9 Å². The molecule has 0 spiro atoms. The van der Waals surface area contributed by atoms with Crippen molar-refractivity contribution in [2.24, 2.45) is 0 Å². The zero-order chi connectivity index (χ0) is 15.4. The molecule has 2 heterocycles. The first-order valence-electron chi connectivity index (χ1n) is 7.61. The maximum absolute atomic E-state index is 12.5. The number of amides is 1. The van der Waals surface area contributed by atoms with Gasteiger partial charge >= 0.3 is 0 Å². The fraction of sp³-hybridized carbons (Fsp3) is 0.438. The van der Waals surface area contributed by atoms with Gasteiger partial charge in [-0.15, -0.1) is 11.8 Å². The van der Waals surface area contributed by atoms with Gasteiger partial charge in [0.05, 0.1) is 0 Å². The van der Waals surface area contributed by atoms with Crippen LogP contribution in [-0.4, -0.2) is 32.7 Å². The molecule has 0 unspecified atom stereocenters. The number of nitrogens with zero attached hydrogens (tertiary/aromatic N) is 3. The third-order valence-electron chi connectivity index (χ3n) is 3.96. The molecule has 0 atom stereocenters. The highest BCUT2D eigenvalue weighted by atomic mass is 32.2. The fourth-order valence-electron chi connectivity index (χ4n) is 2.76. The maximum Gasteiger partial charge on any atom is 0.270 e. The Morgan fingerprint density at radius 3 is 2.82 bits per heavy atom. The van der Waals surface area contributed by atoms with E-state index in [1.165, 1.54) is 19.3 Å². The van der Waals surface area contributed by atoms with Crippen molar-refractivity contribution in [2.45, 2.75) is 43.0 Å². The van der Waals surface area contributed by atoms with E-state index in [1.54, 1.807) is 24.3 Å². The standard InChI is InChI=1S/C16H20N4OS/c1-22-13-9-14(16(21)18-12-5-3-2-4-6-12)19-15(10-13)20-8-7-17-11-20/h7-12H,2-6H2,1H3,(H,18,21). The predicted octanol–water partition coefficient (Wildman–Crippen LogP) is 3.05. The highest BCUT2D eigenvalue weighted by molar-refractivity contribution is 7.98. The lowest BCUT2D eigenvalue weighted by molar-refractivity contribution is 0.0922. The number of hydrogen-bond donors (Lipinski definition) is 1. The minimum Gasteiger partial charge on any atom is -0.348 e. The van der Waals surface area contributed by atoms with Crippen LogP contribution >= 0.6 is 11.8 Å². The van der Waals surface area contributed by atoms with Crippen molar-refractivity contribution in [2.75, 3.05) is 6.26 Å². The summed E-state index contributed by atoms with van der Waals surface area (Å²) in [6.45, 7) is 0. The van der Waals surface area contributed by atoms with Gasteiger partial charge in [-0.25, -0.2) is 9.97 Å². The van der Waals surface area contributed by atoms with Gasteiger partial charge < -0.3 is 5.32 Å². The van der Waals surface area contributed by atoms with Gasteiger partial charge in [0.15, 0.2) is 0 Å². The van der Waals surface area contributed by atoms with Crippen molar-refractivity contribution in [1.29, 1.82) is 0 Å². The quantitative estimate of drug-likeness (QED) is 0.881. The lowest BCUT2D eigenvalue weighted by Crippen LogP contribution is -2.36. The van der Waals surface area contributed by atoms with Crippen LogP contribution < -0.4 is 5.32 Å². The molecule has 0 aliphatic heterocycles. The van der Waals surface area contributed by atoms with Crippen LogP contribution in [0.15, 0.2) is 35.7 Å². The number of carbonyl (C=O) groups is 1. The molecule has 22 heavy (non-hydrogen) atoms. The molecule has 6 heteroatoms. The van der Waals surface area contributed by atoms with E-state index in [9.17, 15) is 4.79 Å². The Morgan fingerprint density at radius 2 is 2.14 bits per heavy atom. The molecule has 0 aromatic carbocycles. The van der Waals surface area contributed by atoms with E-state index in [0.717, 1.165) is 23.6 Å². The normalized spacial score (nSPS) is 15.7. The molecule has 0 bridgehead atoms. The summed E-state index contributed by atoms with van der Waals surface area (Å²) in [4.78, 5) is 22.0. The van der Waals surface area contributed by atoms with Crippen LogP contribution in [0.1, 0.15) is 42.6 Å². The Kier molecular flexibility index (Phi) is 4.77. The van der Waals surface area contributed by atoms with Crippen LogP contribution in [0, 0.1) is 0 Å². The summed E-state index contributed by atoms with van der Waals surface area (Å²) in [6.07, 6.45) is 13.0. The third-order valence-corrected chi connectivity index (χ3v) is 4.67. The smallest absolute Gasteiger partial charge is 0.270 e. The second-order valence-corrected chi connectivity index (χ2v) is 6.41. The van der Waals surface area contributed by atoms with Crippen LogP contribution in [0.5, 0.6) is 0 Å². The third kappa shape index (κ3) is 3.50. The summed E-state index contributed by atoms with van der Waals surface area (Å²) >= 11 is 1.60. The Hall–Kier alpha value is -1.82. The number of thioether (sulfide) groups is 1. The number of nitrogens with one attached hydrogen (secondary N) is 1. The SMILES string of the molecule is CSc1cc(C(=O)NC2CCCCC2)nc(-n2ccnc2)c1. The molecule has 3 rings (SSSR count). The largest absolute Gasteiger partial charge is 0.348 e. The molecule has 2 aromatic rings. The number of pyridine rings is 1. The Labute approximate surface area is 134 Å². The van der Waals surface area contributed by atoms with E-state index in [4.69, 9.17) is 0 Å². The van der Waals surface area contributed by atoms with Gasteiger partial charge in [-0.3, -0.25) is 9.36 Å². The van der Waals surface area contributed by atoms with E-state index >= 15 is 0 Å². The van der Waals surface area contributed by atoms with Gasteiger partial charge in [0.2, 0.25) is 0 Å². The van der Waals surface area contributed by atoms with Gasteiger partial charge in [0.1, 0.15) is 17.8 Å². The van der Waals surface area contributed by atoms with Crippen LogP contribution in [-0.2, 0) is 0 Å². The maximum atomic E-state index is 12.5. The highest BCUT2D eigenvalue weighted by Crippen LogP contribution is 2.21. The first kappa shape index (κ1) is 15.1. The van der Waals surface area contributed by atoms with Crippen molar-refractivity contribution in [3.8, 4) is 5.82 Å². The summed E-state index contributed by atoms with van der Waals surface area (Å²) < 4.78 is 1.82. The molecule has 0 radical (unpaired) electrons. The summed E-state index contributed by atoms with van der Waals surface area (Å²) in [5.74, 6) is 0.641. The number of aromatic nitrogens is 3. The number of rotatable bonds is 4. The molecule has 1 aliphatic carbocycles. The number of hydrogen-bond acceptors (Lipinski definition) is 4. The molecule has 5 nitrogen and oxygen atoms in total. The van der Waals surface area contributed by atoms with Crippen molar-refractivity contribution < 1.29 is 4.79 Å². The van der Waals surface area contributed by atoms with Crippen molar-refractivity contribution in [3.05, 3.63) is 36.5 Å². The minimum absolute atomic E-state index is 0.0795. The predicted molar refractivity (Wildman–Crippen MR) is 87.5 cm³/mol. The van der Waals surface area contributed by atoms with Crippen LogP contribution in [0.4, 0.5) is 0 Å². The molecule has 1 amide bonds. The Balaban J connectivity index is 1.82. The van der Waals surface area contributed by atoms with Crippen LogP contribution in [0.3, 0.4) is 0 Å². The summed E-state index contributed by atoms with van der Waals surface area (Å²) in [5.41, 5.74) is 0.473.